The Bertz CT molecular complexity index is 927. The molecule has 0 spiro atoms. The van der Waals surface area contributed by atoms with Crippen LogP contribution in [-0.2, 0) is 6.18 Å². The third-order valence-corrected chi connectivity index (χ3v) is 3.77. The molecule has 25 heavy (non-hydrogen) atoms. The minimum atomic E-state index is -4.42. The third kappa shape index (κ3) is 3.31. The number of anilines is 1. The van der Waals surface area contributed by atoms with Gasteiger partial charge in [-0.15, -0.1) is 0 Å². The first-order valence-corrected chi connectivity index (χ1v) is 7.35. The van der Waals surface area contributed by atoms with Gasteiger partial charge in [-0.05, 0) is 49.4 Å². The lowest BCUT2D eigenvalue weighted by molar-refractivity contribution is -0.137. The maximum Gasteiger partial charge on any atom is 0.416 e. The van der Waals surface area contributed by atoms with Crippen LogP contribution in [0.25, 0.3) is 11.0 Å². The highest BCUT2D eigenvalue weighted by Crippen LogP contribution is 2.31. The Labute approximate surface area is 141 Å². The molecule has 0 unspecified atom stereocenters. The highest BCUT2D eigenvalue weighted by molar-refractivity contribution is 6.13. The number of ether oxygens (including phenoxy) is 1. The Morgan fingerprint density at radius 2 is 1.80 bits per heavy atom. The van der Waals surface area contributed by atoms with Crippen LogP contribution in [0.3, 0.4) is 0 Å². The molecule has 0 aliphatic carbocycles. The molecule has 1 heterocycles. The van der Waals surface area contributed by atoms with E-state index in [1.165, 1.54) is 19.2 Å². The second-order valence-corrected chi connectivity index (χ2v) is 5.42. The molecule has 3 aromatic rings. The quantitative estimate of drug-likeness (QED) is 0.722. The minimum Gasteiger partial charge on any atom is -0.497 e. The molecule has 0 saturated carbocycles. The van der Waals surface area contributed by atoms with E-state index in [0.717, 1.165) is 12.1 Å². The maximum absolute atomic E-state index is 12.6. The summed E-state index contributed by atoms with van der Waals surface area (Å²) in [7, 11) is 1.51. The summed E-state index contributed by atoms with van der Waals surface area (Å²) < 4.78 is 48.5. The van der Waals surface area contributed by atoms with Gasteiger partial charge in [0.2, 0.25) is 0 Å². The van der Waals surface area contributed by atoms with Crippen LogP contribution in [0.4, 0.5) is 18.9 Å². The fourth-order valence-corrected chi connectivity index (χ4v) is 2.54. The number of hydrogen-bond donors (Lipinski definition) is 1. The largest absolute Gasteiger partial charge is 0.497 e. The second kappa shape index (κ2) is 6.16. The molecule has 2 aromatic carbocycles. The summed E-state index contributed by atoms with van der Waals surface area (Å²) in [6, 6.07) is 9.32. The van der Waals surface area contributed by atoms with Gasteiger partial charge in [0.1, 0.15) is 17.1 Å². The van der Waals surface area contributed by atoms with Gasteiger partial charge in [0.15, 0.2) is 0 Å². The number of nitrogens with one attached hydrogen (secondary N) is 1. The molecule has 4 nitrogen and oxygen atoms in total. The van der Waals surface area contributed by atoms with Crippen LogP contribution in [-0.4, -0.2) is 13.0 Å². The lowest BCUT2D eigenvalue weighted by atomic mass is 10.1. The normalized spacial score (nSPS) is 11.6. The fourth-order valence-electron chi connectivity index (χ4n) is 2.54. The predicted molar refractivity (Wildman–Crippen MR) is 86.9 cm³/mol. The smallest absolute Gasteiger partial charge is 0.416 e. The summed E-state index contributed by atoms with van der Waals surface area (Å²) in [5.41, 5.74) is 0.319. The Kier molecular flexibility index (Phi) is 4.16. The van der Waals surface area contributed by atoms with Crippen LogP contribution in [0.5, 0.6) is 5.75 Å². The molecule has 0 saturated heterocycles. The highest BCUT2D eigenvalue weighted by Gasteiger charge is 2.30. The zero-order chi connectivity index (χ0) is 18.2. The van der Waals surface area contributed by atoms with Crippen molar-refractivity contribution in [1.82, 2.24) is 0 Å². The molecule has 0 fully saturated rings. The first kappa shape index (κ1) is 16.9. The topological polar surface area (TPSA) is 51.5 Å². The number of carbonyl (C=O) groups is 1. The van der Waals surface area contributed by atoms with Crippen molar-refractivity contribution in [2.24, 2.45) is 0 Å². The van der Waals surface area contributed by atoms with Gasteiger partial charge < -0.3 is 14.5 Å². The molecule has 1 amide bonds. The number of aryl methyl sites for hydroxylation is 1. The van der Waals surface area contributed by atoms with E-state index in [4.69, 9.17) is 9.15 Å². The van der Waals surface area contributed by atoms with Crippen molar-refractivity contribution in [1.29, 1.82) is 0 Å². The van der Waals surface area contributed by atoms with E-state index < -0.39 is 17.6 Å². The Morgan fingerprint density at radius 3 is 2.40 bits per heavy atom. The minimum absolute atomic E-state index is 0.259. The fraction of sp³-hybridized carbons (Fsp3) is 0.167. The summed E-state index contributed by atoms with van der Waals surface area (Å²) in [6.45, 7) is 1.65. The predicted octanol–water partition coefficient (Wildman–Crippen LogP) is 5.02. The van der Waals surface area contributed by atoms with E-state index in [0.29, 0.717) is 28.0 Å². The monoisotopic (exact) mass is 349 g/mol. The van der Waals surface area contributed by atoms with Crippen molar-refractivity contribution in [2.45, 2.75) is 13.1 Å². The number of hydrogen-bond acceptors (Lipinski definition) is 3. The molecule has 1 N–H and O–H groups in total. The number of carbonyl (C=O) groups excluding carboxylic acids is 1. The van der Waals surface area contributed by atoms with Gasteiger partial charge in [0, 0.05) is 11.1 Å². The van der Waals surface area contributed by atoms with Gasteiger partial charge in [0.25, 0.3) is 5.91 Å². The van der Waals surface area contributed by atoms with Gasteiger partial charge in [0.05, 0.1) is 18.2 Å². The number of benzene rings is 2. The first-order valence-electron chi connectivity index (χ1n) is 7.35. The molecule has 7 heteroatoms. The van der Waals surface area contributed by atoms with Gasteiger partial charge in [-0.25, -0.2) is 0 Å². The molecule has 1 aromatic heterocycles. The van der Waals surface area contributed by atoms with E-state index in [-0.39, 0.29) is 5.69 Å². The van der Waals surface area contributed by atoms with Crippen LogP contribution in [0.15, 0.2) is 46.9 Å². The van der Waals surface area contributed by atoms with E-state index in [9.17, 15) is 18.0 Å². The number of furan rings is 1. The SMILES string of the molecule is COc1ccc2oc(C)c(C(=O)Nc3ccc(C(F)(F)F)cc3)c2c1. The summed E-state index contributed by atoms with van der Waals surface area (Å²) in [5.74, 6) is 0.508. The third-order valence-electron chi connectivity index (χ3n) is 3.77. The van der Waals surface area contributed by atoms with Crippen molar-refractivity contribution >= 4 is 22.6 Å². The van der Waals surface area contributed by atoms with Crippen LogP contribution >= 0.6 is 0 Å². The van der Waals surface area contributed by atoms with E-state index in [2.05, 4.69) is 5.32 Å². The van der Waals surface area contributed by atoms with Crippen molar-refractivity contribution < 1.29 is 27.1 Å². The molecule has 130 valence electrons. The summed E-state index contributed by atoms with van der Waals surface area (Å²) in [4.78, 5) is 12.6. The van der Waals surface area contributed by atoms with Crippen molar-refractivity contribution in [3.8, 4) is 5.75 Å². The van der Waals surface area contributed by atoms with Crippen molar-refractivity contribution in [3.63, 3.8) is 0 Å². The number of methoxy groups -OCH3 is 1. The number of rotatable bonds is 3. The van der Waals surface area contributed by atoms with Crippen LogP contribution in [0.1, 0.15) is 21.7 Å². The van der Waals surface area contributed by atoms with Crippen LogP contribution in [0.2, 0.25) is 0 Å². The molecule has 0 bridgehead atoms. The van der Waals surface area contributed by atoms with Gasteiger partial charge in [-0.1, -0.05) is 0 Å². The summed E-state index contributed by atoms with van der Waals surface area (Å²) in [5, 5.41) is 3.16. The molecule has 3 rings (SSSR count). The summed E-state index contributed by atoms with van der Waals surface area (Å²) >= 11 is 0. The van der Waals surface area contributed by atoms with E-state index in [1.807, 2.05) is 0 Å². The lowest BCUT2D eigenvalue weighted by Gasteiger charge is -2.09. The average Bonchev–Trinajstić information content (AvgIpc) is 2.89. The van der Waals surface area contributed by atoms with Crippen molar-refractivity contribution in [2.75, 3.05) is 12.4 Å². The highest BCUT2D eigenvalue weighted by atomic mass is 19.4. The standard InChI is InChI=1S/C18H14F3NO3/c1-10-16(14-9-13(24-2)7-8-15(14)25-10)17(23)22-12-5-3-11(4-6-12)18(19,20)21/h3-9H,1-2H3,(H,22,23). The van der Waals surface area contributed by atoms with Crippen LogP contribution in [0, 0.1) is 6.92 Å². The molecule has 0 aliphatic rings. The van der Waals surface area contributed by atoms with E-state index >= 15 is 0 Å². The number of alkyl halides is 3. The lowest BCUT2D eigenvalue weighted by Crippen LogP contribution is -2.13. The van der Waals surface area contributed by atoms with Crippen molar-refractivity contribution in [3.05, 3.63) is 59.4 Å². The Hall–Kier alpha value is -2.96. The van der Waals surface area contributed by atoms with Crippen LogP contribution < -0.4 is 10.1 Å². The van der Waals surface area contributed by atoms with Gasteiger partial charge >= 0.3 is 6.18 Å². The van der Waals surface area contributed by atoms with Gasteiger partial charge in [-0.2, -0.15) is 13.2 Å². The second-order valence-electron chi connectivity index (χ2n) is 5.42. The molecule has 0 aliphatic heterocycles. The number of amides is 1. The summed E-state index contributed by atoms with van der Waals surface area (Å²) in [6.07, 6.45) is -4.42. The molecule has 0 radical (unpaired) electrons. The van der Waals surface area contributed by atoms with Gasteiger partial charge in [-0.3, -0.25) is 4.79 Å². The zero-order valence-electron chi connectivity index (χ0n) is 13.4. The maximum atomic E-state index is 12.6. The number of fused-ring (bicyclic) bond motifs is 1. The zero-order valence-corrected chi connectivity index (χ0v) is 13.4. The van der Waals surface area contributed by atoms with E-state index in [1.54, 1.807) is 25.1 Å². The Balaban J connectivity index is 1.91. The molecular weight excluding hydrogens is 335 g/mol. The first-order chi connectivity index (χ1) is 11.8. The average molecular weight is 349 g/mol. The number of halogens is 3. The molecular formula is C18H14F3NO3. The Morgan fingerprint density at radius 1 is 1.12 bits per heavy atom. The molecule has 0 atom stereocenters.